The van der Waals surface area contributed by atoms with Crippen LogP contribution in [0.1, 0.15) is 0 Å². The highest BCUT2D eigenvalue weighted by Gasteiger charge is 2.26. The zero-order valence-corrected chi connectivity index (χ0v) is 25.5. The molecule has 16 heteroatoms. The minimum atomic E-state index is -4.58. The smallest absolute Gasteiger partial charge is 0.267 e. The Bertz CT molecular complexity index is 1910. The summed E-state index contributed by atoms with van der Waals surface area (Å²) in [5, 5.41) is 0. The van der Waals surface area contributed by atoms with E-state index in [4.69, 9.17) is 9.47 Å². The van der Waals surface area contributed by atoms with Crippen LogP contribution in [0.4, 0.5) is 18.9 Å². The van der Waals surface area contributed by atoms with Crippen molar-refractivity contribution in [1.29, 1.82) is 0 Å². The number of hydrogen-bond acceptors (Lipinski definition) is 8. The van der Waals surface area contributed by atoms with Gasteiger partial charge in [0.15, 0.2) is 16.5 Å². The van der Waals surface area contributed by atoms with Crippen LogP contribution in [0.2, 0.25) is 25.7 Å². The summed E-state index contributed by atoms with van der Waals surface area (Å²) in [5.74, 6) is -3.04. The highest BCUT2D eigenvalue weighted by molar-refractivity contribution is 7.92. The number of fused-ring (bicyclic) bond motifs is 1. The highest BCUT2D eigenvalue weighted by atomic mass is 32.2. The molecule has 5 aromatic rings. The molecule has 5 rings (SSSR count). The van der Waals surface area contributed by atoms with Gasteiger partial charge in [-0.15, -0.1) is 0 Å². The second-order valence-corrected chi connectivity index (χ2v) is 18.0. The van der Waals surface area contributed by atoms with Crippen molar-refractivity contribution in [2.24, 2.45) is 0 Å². The van der Waals surface area contributed by atoms with Crippen LogP contribution < -0.4 is 9.46 Å². The molecule has 0 spiro atoms. The summed E-state index contributed by atoms with van der Waals surface area (Å²) in [6.07, 6.45) is 8.37. The van der Waals surface area contributed by atoms with Gasteiger partial charge in [-0.25, -0.2) is 36.5 Å². The van der Waals surface area contributed by atoms with Crippen LogP contribution in [0.3, 0.4) is 0 Å². The lowest BCUT2D eigenvalue weighted by molar-refractivity contribution is 0.0882. The van der Waals surface area contributed by atoms with Crippen molar-refractivity contribution in [2.45, 2.75) is 37.3 Å². The van der Waals surface area contributed by atoms with Crippen LogP contribution in [0.15, 0.2) is 60.4 Å². The Morgan fingerprint density at radius 1 is 1.05 bits per heavy atom. The van der Waals surface area contributed by atoms with Gasteiger partial charge in [-0.1, -0.05) is 19.6 Å². The molecule has 1 aromatic carbocycles. The summed E-state index contributed by atoms with van der Waals surface area (Å²) in [6.45, 7) is 7.71. The van der Waals surface area contributed by atoms with Gasteiger partial charge in [0, 0.05) is 39.3 Å². The van der Waals surface area contributed by atoms with E-state index in [0.29, 0.717) is 29.7 Å². The normalized spacial score (nSPS) is 12.2. The summed E-state index contributed by atoms with van der Waals surface area (Å²) in [6, 6.07) is 3.49. The number of nitrogens with zero attached hydrogens (tertiary/aromatic N) is 6. The Hall–Kier alpha value is -4.28. The average molecular weight is 632 g/mol. The minimum absolute atomic E-state index is 0.129. The van der Waals surface area contributed by atoms with Crippen molar-refractivity contribution in [3.8, 4) is 28.7 Å². The fraction of sp³-hybridized carbons (Fsp3) is 0.259. The standard InChI is InChI=1S/C27H28F3N7O4SSi/c1-40-27-22(11-17(28)12-33-27)42(38,39)35-19-6-5-18(29)23(24(19)30)20-14-37-15-34-25(21(37)13-32-20)26-31-7-8-36(26)16-41-9-10-43(2,3)4/h5-8,11-15,35H,9-10,16H2,1-4H3. The van der Waals surface area contributed by atoms with E-state index in [1.807, 2.05) is 4.72 Å². The number of ether oxygens (including phenoxy) is 2. The van der Waals surface area contributed by atoms with E-state index in [1.165, 1.54) is 23.1 Å². The SMILES string of the molecule is COc1ncc(F)cc1S(=O)(=O)Nc1ccc(F)c(-c2cn3cnc(-c4nccn4COCC[Si](C)(C)C)c3cn2)c1F. The van der Waals surface area contributed by atoms with Gasteiger partial charge in [0.1, 0.15) is 30.4 Å². The molecule has 0 unspecified atom stereocenters. The van der Waals surface area contributed by atoms with Crippen LogP contribution in [0, 0.1) is 17.5 Å². The first-order valence-electron chi connectivity index (χ1n) is 13.0. The van der Waals surface area contributed by atoms with Gasteiger partial charge in [-0.2, -0.15) is 0 Å². The molecular weight excluding hydrogens is 603 g/mol. The van der Waals surface area contributed by atoms with Crippen LogP contribution in [-0.2, 0) is 21.5 Å². The fourth-order valence-electron chi connectivity index (χ4n) is 4.19. The lowest BCUT2D eigenvalue weighted by Gasteiger charge is -2.16. The number of hydrogen-bond donors (Lipinski definition) is 1. The number of aromatic nitrogens is 6. The topological polar surface area (TPSA) is 126 Å². The van der Waals surface area contributed by atoms with Crippen molar-refractivity contribution in [3.05, 3.63) is 73.0 Å². The second-order valence-electron chi connectivity index (χ2n) is 10.8. The second kappa shape index (κ2) is 11.8. The van der Waals surface area contributed by atoms with E-state index in [9.17, 15) is 17.2 Å². The molecule has 11 nitrogen and oxygen atoms in total. The average Bonchev–Trinajstić information content (AvgIpc) is 3.58. The largest absolute Gasteiger partial charge is 0.480 e. The van der Waals surface area contributed by atoms with Crippen LogP contribution in [0.25, 0.3) is 28.3 Å². The highest BCUT2D eigenvalue weighted by Crippen LogP contribution is 2.33. The summed E-state index contributed by atoms with van der Waals surface area (Å²) >= 11 is 0. The van der Waals surface area contributed by atoms with Crippen molar-refractivity contribution in [2.75, 3.05) is 18.4 Å². The molecule has 1 N–H and O–H groups in total. The maximum atomic E-state index is 15.7. The molecule has 0 aliphatic carbocycles. The molecule has 0 aliphatic heterocycles. The van der Waals surface area contributed by atoms with Gasteiger partial charge in [-0.3, -0.25) is 9.71 Å². The van der Waals surface area contributed by atoms with E-state index in [-0.39, 0.29) is 12.4 Å². The zero-order valence-electron chi connectivity index (χ0n) is 23.7. The lowest BCUT2D eigenvalue weighted by atomic mass is 10.1. The molecule has 0 radical (unpaired) electrons. The van der Waals surface area contributed by atoms with Gasteiger partial charge in [0.25, 0.3) is 10.0 Å². The molecule has 4 aromatic heterocycles. The molecule has 0 bridgehead atoms. The summed E-state index contributed by atoms with van der Waals surface area (Å²) < 4.78 is 86.4. The Morgan fingerprint density at radius 3 is 2.58 bits per heavy atom. The van der Waals surface area contributed by atoms with E-state index in [0.717, 1.165) is 31.5 Å². The number of pyridine rings is 1. The molecular formula is C27H28F3N7O4SSi. The molecule has 0 saturated heterocycles. The van der Waals surface area contributed by atoms with Crippen molar-refractivity contribution in [3.63, 3.8) is 0 Å². The monoisotopic (exact) mass is 631 g/mol. The molecule has 0 atom stereocenters. The van der Waals surface area contributed by atoms with Gasteiger partial charge < -0.3 is 18.4 Å². The van der Waals surface area contributed by atoms with Gasteiger partial charge >= 0.3 is 0 Å². The maximum Gasteiger partial charge on any atom is 0.267 e. The predicted molar refractivity (Wildman–Crippen MR) is 155 cm³/mol. The molecule has 0 saturated carbocycles. The van der Waals surface area contributed by atoms with E-state index in [2.05, 4.69) is 39.6 Å². The Morgan fingerprint density at radius 2 is 1.84 bits per heavy atom. The maximum absolute atomic E-state index is 15.7. The summed E-state index contributed by atoms with van der Waals surface area (Å²) in [7, 11) is -4.68. The van der Waals surface area contributed by atoms with E-state index in [1.54, 1.807) is 17.0 Å². The number of halogens is 3. The third-order valence-electron chi connectivity index (χ3n) is 6.43. The van der Waals surface area contributed by atoms with E-state index < -0.39 is 57.6 Å². The van der Waals surface area contributed by atoms with Crippen LogP contribution in [-0.4, -0.2) is 59.1 Å². The third-order valence-corrected chi connectivity index (χ3v) is 9.50. The zero-order chi connectivity index (χ0) is 30.9. The Kier molecular flexibility index (Phi) is 8.26. The number of sulfonamides is 1. The van der Waals surface area contributed by atoms with Gasteiger partial charge in [-0.05, 0) is 18.2 Å². The first-order valence-corrected chi connectivity index (χ1v) is 18.2. The summed E-state index contributed by atoms with van der Waals surface area (Å²) in [5.41, 5.74) is -0.304. The Balaban J connectivity index is 1.44. The number of rotatable bonds is 11. The number of methoxy groups -OCH3 is 1. The number of benzene rings is 1. The van der Waals surface area contributed by atoms with Gasteiger partial charge in [0.05, 0.1) is 42.0 Å². The number of anilines is 1. The van der Waals surface area contributed by atoms with E-state index >= 15 is 4.39 Å². The summed E-state index contributed by atoms with van der Waals surface area (Å²) in [4.78, 5) is 16.0. The molecule has 226 valence electrons. The number of imidazole rings is 2. The van der Waals surface area contributed by atoms with Crippen molar-refractivity contribution < 1.29 is 31.1 Å². The third kappa shape index (κ3) is 6.40. The van der Waals surface area contributed by atoms with Crippen LogP contribution in [0.5, 0.6) is 5.88 Å². The van der Waals surface area contributed by atoms with Crippen molar-refractivity contribution in [1.82, 2.24) is 28.9 Å². The number of nitrogens with one attached hydrogen (secondary N) is 1. The molecule has 0 fully saturated rings. The minimum Gasteiger partial charge on any atom is -0.480 e. The van der Waals surface area contributed by atoms with Crippen molar-refractivity contribution >= 4 is 29.3 Å². The predicted octanol–water partition coefficient (Wildman–Crippen LogP) is 5.19. The van der Waals surface area contributed by atoms with Crippen LogP contribution >= 0.6 is 0 Å². The Labute approximate surface area is 246 Å². The first kappa shape index (κ1) is 30.2. The van der Waals surface area contributed by atoms with Gasteiger partial charge in [0.2, 0.25) is 5.88 Å². The quantitative estimate of drug-likeness (QED) is 0.156. The first-order chi connectivity index (χ1) is 20.4. The fourth-order valence-corrected chi connectivity index (χ4v) is 6.14. The lowest BCUT2D eigenvalue weighted by Crippen LogP contribution is -2.22. The molecule has 0 aliphatic rings. The molecule has 43 heavy (non-hydrogen) atoms. The molecule has 4 heterocycles. The molecule has 0 amide bonds.